The van der Waals surface area contributed by atoms with Gasteiger partial charge in [0.05, 0.1) is 11.2 Å². The highest BCUT2D eigenvalue weighted by atomic mass is 16.7. The fourth-order valence-corrected chi connectivity index (χ4v) is 3.64. The highest BCUT2D eigenvalue weighted by molar-refractivity contribution is 6.62. The van der Waals surface area contributed by atoms with E-state index < -0.39 is 23.9 Å². The van der Waals surface area contributed by atoms with Gasteiger partial charge < -0.3 is 23.8 Å². The smallest absolute Gasteiger partial charge is 0.444 e. The van der Waals surface area contributed by atoms with E-state index in [4.69, 9.17) is 14.0 Å². The Bertz CT molecular complexity index is 838. The van der Waals surface area contributed by atoms with Gasteiger partial charge in [0.2, 0.25) is 0 Å². The van der Waals surface area contributed by atoms with Crippen LogP contribution in [0.4, 0.5) is 4.79 Å². The highest BCUT2D eigenvalue weighted by Gasteiger charge is 2.51. The molecule has 31 heavy (non-hydrogen) atoms. The second-order valence-corrected chi connectivity index (χ2v) is 10.4. The maximum absolute atomic E-state index is 13.1. The quantitative estimate of drug-likeness (QED) is 0.675. The van der Waals surface area contributed by atoms with Crippen molar-refractivity contribution in [1.82, 2.24) is 9.80 Å². The zero-order valence-electron chi connectivity index (χ0n) is 20.1. The molecule has 2 aliphatic heterocycles. The van der Waals surface area contributed by atoms with E-state index >= 15 is 0 Å². The van der Waals surface area contributed by atoms with Crippen molar-refractivity contribution in [3.63, 3.8) is 0 Å². The first-order valence-electron chi connectivity index (χ1n) is 10.9. The predicted octanol–water partition coefficient (Wildman–Crippen LogP) is 2.99. The number of ether oxygens (including phenoxy) is 1. The lowest BCUT2D eigenvalue weighted by atomic mass is 9.78. The van der Waals surface area contributed by atoms with Gasteiger partial charge in [0.15, 0.2) is 0 Å². The van der Waals surface area contributed by atoms with Gasteiger partial charge in [-0.1, -0.05) is 12.1 Å². The number of carbonyl (C=O) groups is 2. The van der Waals surface area contributed by atoms with Crippen molar-refractivity contribution in [1.29, 1.82) is 0 Å². The molecule has 0 radical (unpaired) electrons. The maximum atomic E-state index is 13.1. The Hall–Kier alpha value is -2.06. The van der Waals surface area contributed by atoms with Gasteiger partial charge >= 0.3 is 13.2 Å². The molecule has 0 atom stereocenters. The van der Waals surface area contributed by atoms with Crippen LogP contribution in [0.2, 0.25) is 0 Å². The summed E-state index contributed by atoms with van der Waals surface area (Å²) in [6.45, 7) is 17.5. The Morgan fingerprint density at radius 3 is 1.97 bits per heavy atom. The number of carbonyl (C=O) groups excluding carboxylic acids is 2. The van der Waals surface area contributed by atoms with Crippen molar-refractivity contribution in [3.8, 4) is 0 Å². The molecule has 7 nitrogen and oxygen atoms in total. The van der Waals surface area contributed by atoms with Crippen LogP contribution >= 0.6 is 0 Å². The number of benzene rings is 1. The van der Waals surface area contributed by atoms with Crippen LogP contribution in [0.25, 0.3) is 0 Å². The largest absolute Gasteiger partial charge is 0.494 e. The molecule has 0 unspecified atom stereocenters. The predicted molar refractivity (Wildman–Crippen MR) is 121 cm³/mol. The molecule has 2 saturated heterocycles. The van der Waals surface area contributed by atoms with Crippen molar-refractivity contribution in [2.45, 2.75) is 72.2 Å². The van der Waals surface area contributed by atoms with Crippen LogP contribution in [0, 0.1) is 6.92 Å². The van der Waals surface area contributed by atoms with Crippen molar-refractivity contribution in [3.05, 3.63) is 29.3 Å². The number of hydrogen-bond donors (Lipinski definition) is 0. The molecule has 0 spiro atoms. The van der Waals surface area contributed by atoms with Crippen molar-refractivity contribution in [2.75, 3.05) is 26.2 Å². The molecular formula is C23H35BN2O5. The molecule has 0 bridgehead atoms. The summed E-state index contributed by atoms with van der Waals surface area (Å²) < 4.78 is 17.7. The molecule has 0 saturated carbocycles. The minimum absolute atomic E-state index is 0.0261. The molecule has 170 valence electrons. The normalized spacial score (nSPS) is 20.7. The molecule has 2 amide bonds. The summed E-state index contributed by atoms with van der Waals surface area (Å²) in [4.78, 5) is 28.8. The zero-order valence-corrected chi connectivity index (χ0v) is 20.1. The molecule has 0 aromatic heterocycles. The monoisotopic (exact) mass is 430 g/mol. The van der Waals surface area contributed by atoms with E-state index in [1.807, 2.05) is 73.6 Å². The first kappa shape index (κ1) is 23.6. The SMILES string of the molecule is Cc1cc(B2OC(C)(C)C(C)(C)O2)ccc1C(=O)N1CCN(C(=O)OC(C)(C)C)CC1. The van der Waals surface area contributed by atoms with E-state index in [1.165, 1.54) is 0 Å². The van der Waals surface area contributed by atoms with Gasteiger partial charge in [-0.2, -0.15) is 0 Å². The fraction of sp³-hybridized carbons (Fsp3) is 0.652. The van der Waals surface area contributed by atoms with Gasteiger partial charge in [0, 0.05) is 31.7 Å². The number of aryl methyl sites for hydroxylation is 1. The van der Waals surface area contributed by atoms with Gasteiger partial charge in [0.1, 0.15) is 5.60 Å². The second kappa shape index (κ2) is 8.13. The highest BCUT2D eigenvalue weighted by Crippen LogP contribution is 2.36. The van der Waals surface area contributed by atoms with Crippen LogP contribution in [0.15, 0.2) is 18.2 Å². The summed E-state index contributed by atoms with van der Waals surface area (Å²) in [6.07, 6.45) is -0.331. The Balaban J connectivity index is 1.64. The third kappa shape index (κ3) is 5.06. The number of hydrogen-bond acceptors (Lipinski definition) is 5. The summed E-state index contributed by atoms with van der Waals surface area (Å²) in [5.41, 5.74) is 1.10. The first-order valence-corrected chi connectivity index (χ1v) is 10.9. The number of nitrogens with zero attached hydrogens (tertiary/aromatic N) is 2. The Morgan fingerprint density at radius 1 is 0.968 bits per heavy atom. The van der Waals surface area contributed by atoms with Gasteiger partial charge in [-0.15, -0.1) is 0 Å². The third-order valence-corrected chi connectivity index (χ3v) is 6.22. The van der Waals surface area contributed by atoms with Gasteiger partial charge in [-0.3, -0.25) is 4.79 Å². The Labute approximate surface area is 186 Å². The minimum atomic E-state index is -0.528. The molecule has 2 heterocycles. The van der Waals surface area contributed by atoms with Crippen molar-refractivity contribution >= 4 is 24.6 Å². The average molecular weight is 430 g/mol. The van der Waals surface area contributed by atoms with Crippen LogP contribution < -0.4 is 5.46 Å². The van der Waals surface area contributed by atoms with Gasteiger partial charge in [-0.05, 0) is 72.5 Å². The fourth-order valence-electron chi connectivity index (χ4n) is 3.64. The first-order chi connectivity index (χ1) is 14.2. The lowest BCUT2D eigenvalue weighted by Gasteiger charge is -2.35. The van der Waals surface area contributed by atoms with Crippen LogP contribution in [0.5, 0.6) is 0 Å². The topological polar surface area (TPSA) is 68.3 Å². The van der Waals surface area contributed by atoms with E-state index in [-0.39, 0.29) is 12.0 Å². The lowest BCUT2D eigenvalue weighted by molar-refractivity contribution is 0.00578. The van der Waals surface area contributed by atoms with Crippen LogP contribution in [-0.2, 0) is 14.0 Å². The van der Waals surface area contributed by atoms with E-state index in [0.717, 1.165) is 11.0 Å². The van der Waals surface area contributed by atoms with Crippen molar-refractivity contribution < 1.29 is 23.6 Å². The number of rotatable bonds is 2. The standard InChI is InChI=1S/C23H35BN2O5/c1-16-15-17(24-30-22(5,6)23(7,8)31-24)9-10-18(16)19(27)25-11-13-26(14-12-25)20(28)29-21(2,3)4/h9-10,15H,11-14H2,1-8H3. The molecule has 2 fully saturated rings. The molecule has 1 aromatic rings. The number of piperazine rings is 1. The van der Waals surface area contributed by atoms with E-state index in [1.54, 1.807) is 9.80 Å². The lowest BCUT2D eigenvalue weighted by Crippen LogP contribution is -2.51. The Morgan fingerprint density at radius 2 is 1.48 bits per heavy atom. The molecule has 8 heteroatoms. The summed E-state index contributed by atoms with van der Waals surface area (Å²) in [7, 11) is -0.453. The van der Waals surface area contributed by atoms with Gasteiger partial charge in [0.25, 0.3) is 5.91 Å². The third-order valence-electron chi connectivity index (χ3n) is 6.22. The molecule has 0 aliphatic carbocycles. The van der Waals surface area contributed by atoms with E-state index in [2.05, 4.69) is 0 Å². The molecular weight excluding hydrogens is 395 g/mol. The molecule has 1 aromatic carbocycles. The molecule has 3 rings (SSSR count). The van der Waals surface area contributed by atoms with Crippen molar-refractivity contribution in [2.24, 2.45) is 0 Å². The van der Waals surface area contributed by atoms with E-state index in [9.17, 15) is 9.59 Å². The average Bonchev–Trinajstić information content (AvgIpc) is 2.87. The molecule has 0 N–H and O–H groups in total. The van der Waals surface area contributed by atoms with Gasteiger partial charge in [-0.25, -0.2) is 4.79 Å². The van der Waals surface area contributed by atoms with E-state index in [0.29, 0.717) is 31.7 Å². The Kier molecular flexibility index (Phi) is 6.19. The maximum Gasteiger partial charge on any atom is 0.494 e. The summed E-state index contributed by atoms with van der Waals surface area (Å²) in [5, 5.41) is 0. The van der Waals surface area contributed by atoms with Crippen LogP contribution in [0.3, 0.4) is 0 Å². The molecule has 2 aliphatic rings. The zero-order chi connectivity index (χ0) is 23.2. The summed E-state index contributed by atoms with van der Waals surface area (Å²) >= 11 is 0. The summed E-state index contributed by atoms with van der Waals surface area (Å²) in [6, 6.07) is 5.71. The van der Waals surface area contributed by atoms with Crippen LogP contribution in [-0.4, -0.2) is 71.9 Å². The summed E-state index contributed by atoms with van der Waals surface area (Å²) in [5.74, 6) is -0.0261. The number of amides is 2. The second-order valence-electron chi connectivity index (χ2n) is 10.4. The van der Waals surface area contributed by atoms with Crippen LogP contribution in [0.1, 0.15) is 64.4 Å². The minimum Gasteiger partial charge on any atom is -0.444 e.